The molecule has 1 aromatic carbocycles. The first-order valence-electron chi connectivity index (χ1n) is 5.98. The van der Waals surface area contributed by atoms with Crippen LogP contribution in [-0.2, 0) is 5.54 Å². The lowest BCUT2D eigenvalue weighted by atomic mass is 9.78. The van der Waals surface area contributed by atoms with Crippen LogP contribution < -0.4 is 5.73 Å². The molecule has 0 bridgehead atoms. The smallest absolute Gasteiger partial charge is 0.247 e. The van der Waals surface area contributed by atoms with Crippen LogP contribution in [0.25, 0.3) is 11.4 Å². The Morgan fingerprint density at radius 2 is 2.17 bits per heavy atom. The zero-order valence-electron chi connectivity index (χ0n) is 10.1. The number of nitrogens with zero attached hydrogens (tertiary/aromatic N) is 2. The quantitative estimate of drug-likeness (QED) is 0.925. The van der Waals surface area contributed by atoms with E-state index in [0.29, 0.717) is 11.7 Å². The zero-order valence-corrected chi connectivity index (χ0v) is 11.7. The van der Waals surface area contributed by atoms with Crippen LogP contribution >= 0.6 is 15.9 Å². The Morgan fingerprint density at radius 3 is 2.78 bits per heavy atom. The highest BCUT2D eigenvalue weighted by atomic mass is 79.9. The van der Waals surface area contributed by atoms with Gasteiger partial charge in [-0.2, -0.15) is 4.98 Å². The fraction of sp³-hybridized carbons (Fsp3) is 0.385. The van der Waals surface area contributed by atoms with Gasteiger partial charge in [-0.25, -0.2) is 0 Å². The molecule has 4 nitrogen and oxygen atoms in total. The van der Waals surface area contributed by atoms with Crippen LogP contribution in [0.5, 0.6) is 0 Å². The minimum Gasteiger partial charge on any atom is -0.337 e. The largest absolute Gasteiger partial charge is 0.337 e. The Balaban J connectivity index is 1.97. The molecule has 1 saturated carbocycles. The highest BCUT2D eigenvalue weighted by Crippen LogP contribution is 2.38. The van der Waals surface area contributed by atoms with E-state index in [9.17, 15) is 0 Å². The Bertz CT molecular complexity index is 590. The minimum absolute atomic E-state index is 0.394. The first-order chi connectivity index (χ1) is 8.58. The topological polar surface area (TPSA) is 64.9 Å². The van der Waals surface area contributed by atoms with Crippen LogP contribution in [0.2, 0.25) is 0 Å². The molecule has 1 fully saturated rings. The van der Waals surface area contributed by atoms with Gasteiger partial charge in [0.05, 0.1) is 5.54 Å². The lowest BCUT2D eigenvalue weighted by molar-refractivity contribution is 0.181. The minimum atomic E-state index is -0.394. The maximum Gasteiger partial charge on any atom is 0.247 e. The maximum atomic E-state index is 6.17. The van der Waals surface area contributed by atoms with E-state index in [1.807, 2.05) is 25.1 Å². The van der Waals surface area contributed by atoms with Crippen molar-refractivity contribution in [1.82, 2.24) is 10.1 Å². The molecule has 94 valence electrons. The number of benzene rings is 1. The predicted molar refractivity (Wildman–Crippen MR) is 71.9 cm³/mol. The van der Waals surface area contributed by atoms with Crippen molar-refractivity contribution in [2.24, 2.45) is 5.73 Å². The lowest BCUT2D eigenvalue weighted by Gasteiger charge is -2.33. The van der Waals surface area contributed by atoms with Crippen molar-refractivity contribution in [2.45, 2.75) is 31.7 Å². The van der Waals surface area contributed by atoms with Gasteiger partial charge < -0.3 is 10.3 Å². The third kappa shape index (κ3) is 1.87. The summed E-state index contributed by atoms with van der Waals surface area (Å²) in [5.41, 5.74) is 7.87. The van der Waals surface area contributed by atoms with Crippen LogP contribution in [0.4, 0.5) is 0 Å². The molecule has 0 radical (unpaired) electrons. The lowest BCUT2D eigenvalue weighted by Crippen LogP contribution is -2.43. The molecule has 0 amide bonds. The van der Waals surface area contributed by atoms with E-state index in [0.717, 1.165) is 34.9 Å². The second-order valence-electron chi connectivity index (χ2n) is 4.89. The molecule has 1 heterocycles. The average molecular weight is 308 g/mol. The highest BCUT2D eigenvalue weighted by molar-refractivity contribution is 9.10. The average Bonchev–Trinajstić information content (AvgIpc) is 2.75. The molecule has 5 heteroatoms. The van der Waals surface area contributed by atoms with Crippen molar-refractivity contribution in [3.8, 4) is 11.4 Å². The summed E-state index contributed by atoms with van der Waals surface area (Å²) < 4.78 is 6.36. The number of hydrogen-bond donors (Lipinski definition) is 1. The van der Waals surface area contributed by atoms with Crippen molar-refractivity contribution < 1.29 is 4.52 Å². The van der Waals surface area contributed by atoms with Crippen molar-refractivity contribution in [2.75, 3.05) is 0 Å². The van der Waals surface area contributed by atoms with E-state index in [4.69, 9.17) is 10.3 Å². The summed E-state index contributed by atoms with van der Waals surface area (Å²) in [6.45, 7) is 2.03. The molecule has 1 aliphatic rings. The van der Waals surface area contributed by atoms with Crippen molar-refractivity contribution >= 4 is 15.9 Å². The third-order valence-electron chi connectivity index (χ3n) is 3.53. The van der Waals surface area contributed by atoms with E-state index in [-0.39, 0.29) is 0 Å². The summed E-state index contributed by atoms with van der Waals surface area (Å²) in [7, 11) is 0. The molecule has 1 aromatic heterocycles. The summed E-state index contributed by atoms with van der Waals surface area (Å²) in [5.74, 6) is 1.18. The van der Waals surface area contributed by atoms with E-state index >= 15 is 0 Å². The molecule has 0 spiro atoms. The van der Waals surface area contributed by atoms with Crippen LogP contribution in [0.15, 0.2) is 27.2 Å². The number of aromatic nitrogens is 2. The zero-order chi connectivity index (χ0) is 12.8. The SMILES string of the molecule is Cc1cc(Br)ccc1-c1noc(C2(N)CCC2)n1. The van der Waals surface area contributed by atoms with Crippen molar-refractivity contribution in [3.05, 3.63) is 34.1 Å². The van der Waals surface area contributed by atoms with Gasteiger partial charge in [-0.05, 0) is 49.9 Å². The first kappa shape index (κ1) is 11.9. The predicted octanol–water partition coefficient (Wildman–Crippen LogP) is 3.15. The summed E-state index contributed by atoms with van der Waals surface area (Å²) >= 11 is 3.44. The molecule has 18 heavy (non-hydrogen) atoms. The normalized spacial score (nSPS) is 17.5. The second-order valence-corrected chi connectivity index (χ2v) is 5.81. The first-order valence-corrected chi connectivity index (χ1v) is 6.77. The van der Waals surface area contributed by atoms with Crippen molar-refractivity contribution in [3.63, 3.8) is 0 Å². The Labute approximate surface area is 114 Å². The second kappa shape index (κ2) is 4.17. The van der Waals surface area contributed by atoms with Gasteiger partial charge >= 0.3 is 0 Å². The van der Waals surface area contributed by atoms with Gasteiger partial charge in [0.1, 0.15) is 0 Å². The molecular weight excluding hydrogens is 294 g/mol. The van der Waals surface area contributed by atoms with Crippen molar-refractivity contribution in [1.29, 1.82) is 0 Å². The molecule has 0 atom stereocenters. The van der Waals surface area contributed by atoms with E-state index in [1.165, 1.54) is 0 Å². The summed E-state index contributed by atoms with van der Waals surface area (Å²) in [5, 5.41) is 4.04. The molecule has 0 unspecified atom stereocenters. The van der Waals surface area contributed by atoms with Crippen LogP contribution in [-0.4, -0.2) is 10.1 Å². The third-order valence-corrected chi connectivity index (χ3v) is 4.02. The molecular formula is C13H14BrN3O. The number of rotatable bonds is 2. The van der Waals surface area contributed by atoms with Gasteiger partial charge in [-0.1, -0.05) is 21.1 Å². The van der Waals surface area contributed by atoms with Gasteiger partial charge in [0.25, 0.3) is 0 Å². The van der Waals surface area contributed by atoms with E-state index in [1.54, 1.807) is 0 Å². The van der Waals surface area contributed by atoms with Gasteiger partial charge in [0, 0.05) is 10.0 Å². The van der Waals surface area contributed by atoms with Crippen LogP contribution in [0.3, 0.4) is 0 Å². The monoisotopic (exact) mass is 307 g/mol. The fourth-order valence-corrected chi connectivity index (χ4v) is 2.66. The number of aryl methyl sites for hydroxylation is 1. The fourth-order valence-electron chi connectivity index (χ4n) is 2.18. The Kier molecular flexibility index (Phi) is 2.75. The van der Waals surface area contributed by atoms with Gasteiger partial charge in [0.15, 0.2) is 0 Å². The summed E-state index contributed by atoms with van der Waals surface area (Å²) in [4.78, 5) is 4.45. The molecule has 2 aromatic rings. The number of halogens is 1. The molecule has 1 aliphatic carbocycles. The molecule has 0 saturated heterocycles. The summed E-state index contributed by atoms with van der Waals surface area (Å²) in [6, 6.07) is 5.99. The number of hydrogen-bond acceptors (Lipinski definition) is 4. The Morgan fingerprint density at radius 1 is 1.39 bits per heavy atom. The Hall–Kier alpha value is -1.20. The maximum absolute atomic E-state index is 6.17. The molecule has 0 aliphatic heterocycles. The van der Waals surface area contributed by atoms with Gasteiger partial charge in [0.2, 0.25) is 11.7 Å². The van der Waals surface area contributed by atoms with Gasteiger partial charge in [-0.15, -0.1) is 0 Å². The highest BCUT2D eigenvalue weighted by Gasteiger charge is 2.40. The number of nitrogens with two attached hydrogens (primary N) is 1. The summed E-state index contributed by atoms with van der Waals surface area (Å²) in [6.07, 6.45) is 2.98. The van der Waals surface area contributed by atoms with Crippen LogP contribution in [0.1, 0.15) is 30.7 Å². The van der Waals surface area contributed by atoms with E-state index in [2.05, 4.69) is 26.1 Å². The standard InChI is InChI=1S/C13H14BrN3O/c1-8-7-9(14)3-4-10(8)11-16-12(18-17-11)13(15)5-2-6-13/h3-4,7H,2,5-6,15H2,1H3. The molecule has 2 N–H and O–H groups in total. The van der Waals surface area contributed by atoms with Gasteiger partial charge in [-0.3, -0.25) is 0 Å². The van der Waals surface area contributed by atoms with E-state index < -0.39 is 5.54 Å². The van der Waals surface area contributed by atoms with Crippen LogP contribution in [0, 0.1) is 6.92 Å². The molecule has 3 rings (SSSR count).